The van der Waals surface area contributed by atoms with Gasteiger partial charge in [0.05, 0.1) is 6.10 Å². The van der Waals surface area contributed by atoms with Gasteiger partial charge in [-0.05, 0) is 24.7 Å². The van der Waals surface area contributed by atoms with E-state index in [0.717, 1.165) is 6.26 Å². The van der Waals surface area contributed by atoms with Crippen LogP contribution in [0.2, 0.25) is 0 Å². The van der Waals surface area contributed by atoms with Gasteiger partial charge in [0.15, 0.2) is 14.9 Å². The van der Waals surface area contributed by atoms with Crippen molar-refractivity contribution in [2.24, 2.45) is 5.92 Å². The average molecular weight is 327 g/mol. The van der Waals surface area contributed by atoms with Crippen LogP contribution in [0.4, 0.5) is 0 Å². The number of aliphatic hydroxyl groups excluding tert-OH is 1. The van der Waals surface area contributed by atoms with Crippen molar-refractivity contribution in [2.75, 3.05) is 26.4 Å². The zero-order chi connectivity index (χ0) is 16.3. The molecule has 2 atom stereocenters. The van der Waals surface area contributed by atoms with Crippen LogP contribution in [-0.2, 0) is 21.2 Å². The van der Waals surface area contributed by atoms with E-state index in [1.165, 1.54) is 12.3 Å². The molecule has 0 spiro atoms. The minimum Gasteiger partial charge on any atom is -0.391 e. The second-order valence-corrected chi connectivity index (χ2v) is 7.77. The number of carbonyl (C=O) groups excluding carboxylic acids is 1. The largest absolute Gasteiger partial charge is 0.391 e. The molecule has 1 fully saturated rings. The number of hydrogen-bond donors (Lipinski definition) is 2. The number of amides is 1. The zero-order valence-corrected chi connectivity index (χ0v) is 13.5. The third-order valence-corrected chi connectivity index (χ3v) is 4.69. The Bertz CT molecular complexity index is 647. The van der Waals surface area contributed by atoms with Gasteiger partial charge in [-0.3, -0.25) is 4.79 Å². The fourth-order valence-electron chi connectivity index (χ4n) is 2.54. The number of likely N-dealkylation sites (N-methyl/N-ethyl adjacent to an activating group) is 1. The maximum atomic E-state index is 11.9. The minimum atomic E-state index is -3.36. The Kier molecular flexibility index (Phi) is 5.15. The van der Waals surface area contributed by atoms with Crippen molar-refractivity contribution in [3.63, 3.8) is 0 Å². The van der Waals surface area contributed by atoms with Gasteiger partial charge in [0.1, 0.15) is 0 Å². The van der Waals surface area contributed by atoms with Gasteiger partial charge in [-0.15, -0.1) is 0 Å². The number of sulfone groups is 1. The van der Waals surface area contributed by atoms with Crippen molar-refractivity contribution in [3.8, 4) is 0 Å². The van der Waals surface area contributed by atoms with Gasteiger partial charge in [0.25, 0.3) is 0 Å². The minimum absolute atomic E-state index is 0.00733. The molecule has 2 heterocycles. The molecule has 0 bridgehead atoms. The number of aliphatic hydroxyl groups is 1. The topological polar surface area (TPSA) is 99.6 Å². The lowest BCUT2D eigenvalue weighted by molar-refractivity contribution is -0.122. The van der Waals surface area contributed by atoms with Crippen LogP contribution < -0.4 is 5.32 Å². The van der Waals surface area contributed by atoms with E-state index in [1.54, 1.807) is 6.07 Å². The Labute approximate surface area is 130 Å². The second kappa shape index (κ2) is 6.72. The van der Waals surface area contributed by atoms with Crippen LogP contribution in [0.15, 0.2) is 23.4 Å². The van der Waals surface area contributed by atoms with Crippen LogP contribution in [0.3, 0.4) is 0 Å². The van der Waals surface area contributed by atoms with E-state index in [0.29, 0.717) is 18.7 Å². The number of carbonyl (C=O) groups is 1. The summed E-state index contributed by atoms with van der Waals surface area (Å²) >= 11 is 0. The van der Waals surface area contributed by atoms with Gasteiger partial charge >= 0.3 is 0 Å². The van der Waals surface area contributed by atoms with Crippen molar-refractivity contribution in [3.05, 3.63) is 23.9 Å². The van der Waals surface area contributed by atoms with Crippen LogP contribution in [0.1, 0.15) is 12.0 Å². The Balaban J connectivity index is 1.89. The smallest absolute Gasteiger partial charge is 0.220 e. The lowest BCUT2D eigenvalue weighted by atomic mass is 10.0. The van der Waals surface area contributed by atoms with E-state index in [2.05, 4.69) is 10.3 Å². The number of nitrogens with one attached hydrogen (secondary N) is 1. The van der Waals surface area contributed by atoms with E-state index in [4.69, 9.17) is 0 Å². The molecule has 0 aromatic carbocycles. The molecule has 1 aliphatic heterocycles. The summed E-state index contributed by atoms with van der Waals surface area (Å²) in [6.45, 7) is 1.52. The normalized spacial score (nSPS) is 22.7. The molecular weight excluding hydrogens is 306 g/mol. The molecule has 1 aromatic rings. The van der Waals surface area contributed by atoms with E-state index < -0.39 is 15.9 Å². The summed E-state index contributed by atoms with van der Waals surface area (Å²) < 4.78 is 22.9. The number of hydrogen-bond acceptors (Lipinski definition) is 6. The number of nitrogens with zero attached hydrogens (tertiary/aromatic N) is 2. The molecule has 1 saturated heterocycles. The monoisotopic (exact) mass is 327 g/mol. The molecule has 22 heavy (non-hydrogen) atoms. The first-order valence-electron chi connectivity index (χ1n) is 7.04. The lowest BCUT2D eigenvalue weighted by Crippen LogP contribution is -2.29. The molecular formula is C14H21N3O4S. The number of likely N-dealkylation sites (tertiary alicyclic amines) is 1. The van der Waals surface area contributed by atoms with Crippen LogP contribution in [-0.4, -0.2) is 61.8 Å². The Morgan fingerprint density at radius 1 is 1.50 bits per heavy atom. The maximum Gasteiger partial charge on any atom is 0.220 e. The lowest BCUT2D eigenvalue weighted by Gasteiger charge is -2.13. The highest BCUT2D eigenvalue weighted by Crippen LogP contribution is 2.18. The molecule has 1 amide bonds. The quantitative estimate of drug-likeness (QED) is 0.750. The van der Waals surface area contributed by atoms with Crippen LogP contribution in [0.25, 0.3) is 0 Å². The highest BCUT2D eigenvalue weighted by molar-refractivity contribution is 7.90. The molecule has 122 valence electrons. The fraction of sp³-hybridized carbons (Fsp3) is 0.571. The standard InChI is InChI=1S/C14H21N3O4S/c1-17-8-11(12(18)9-17)6-13(19)16-7-10-3-4-15-14(5-10)22(2,20)21/h3-5,11-12,18H,6-9H2,1-2H3,(H,16,19)/t11-,12-/m1/s1. The molecule has 1 aliphatic rings. The predicted molar refractivity (Wildman–Crippen MR) is 80.8 cm³/mol. The predicted octanol–water partition coefficient (Wildman–Crippen LogP) is -0.586. The number of pyridine rings is 1. The zero-order valence-electron chi connectivity index (χ0n) is 12.7. The summed E-state index contributed by atoms with van der Waals surface area (Å²) in [4.78, 5) is 17.7. The van der Waals surface area contributed by atoms with Gasteiger partial charge in [-0.1, -0.05) is 0 Å². The Hall–Kier alpha value is -1.51. The molecule has 7 nitrogen and oxygen atoms in total. The summed E-state index contributed by atoms with van der Waals surface area (Å²) in [5.41, 5.74) is 0.674. The van der Waals surface area contributed by atoms with Gasteiger partial charge in [0.2, 0.25) is 5.91 Å². The first-order chi connectivity index (χ1) is 10.3. The van der Waals surface area contributed by atoms with Crippen molar-refractivity contribution >= 4 is 15.7 Å². The third kappa shape index (κ3) is 4.49. The first kappa shape index (κ1) is 16.9. The van der Waals surface area contributed by atoms with E-state index in [1.807, 2.05) is 11.9 Å². The SMILES string of the molecule is CN1C[C@@H](CC(=O)NCc2ccnc(S(C)(=O)=O)c2)[C@H](O)C1. The molecule has 8 heteroatoms. The molecule has 0 unspecified atom stereocenters. The highest BCUT2D eigenvalue weighted by atomic mass is 32.2. The Morgan fingerprint density at radius 2 is 2.23 bits per heavy atom. The average Bonchev–Trinajstić information content (AvgIpc) is 2.74. The number of aromatic nitrogens is 1. The summed E-state index contributed by atoms with van der Waals surface area (Å²) in [5.74, 6) is -0.217. The summed E-state index contributed by atoms with van der Waals surface area (Å²) in [5, 5.41) is 12.6. The van der Waals surface area contributed by atoms with Crippen molar-refractivity contribution < 1.29 is 18.3 Å². The summed E-state index contributed by atoms with van der Waals surface area (Å²) in [7, 11) is -1.45. The number of rotatable bonds is 5. The van der Waals surface area contributed by atoms with Crippen molar-refractivity contribution in [1.29, 1.82) is 0 Å². The van der Waals surface area contributed by atoms with E-state index in [-0.39, 0.29) is 29.8 Å². The van der Waals surface area contributed by atoms with Gasteiger partial charge < -0.3 is 15.3 Å². The molecule has 2 N–H and O–H groups in total. The molecule has 2 rings (SSSR count). The van der Waals surface area contributed by atoms with Crippen LogP contribution in [0.5, 0.6) is 0 Å². The summed E-state index contributed by atoms with van der Waals surface area (Å²) in [6.07, 6.45) is 2.28. The molecule has 1 aromatic heterocycles. The van der Waals surface area contributed by atoms with Crippen LogP contribution in [0, 0.1) is 5.92 Å². The second-order valence-electron chi connectivity index (χ2n) is 5.80. The summed E-state index contributed by atoms with van der Waals surface area (Å²) in [6, 6.07) is 3.11. The van der Waals surface area contributed by atoms with Gasteiger partial charge in [-0.25, -0.2) is 13.4 Å². The third-order valence-electron chi connectivity index (χ3n) is 3.71. The van der Waals surface area contributed by atoms with Crippen molar-refractivity contribution in [1.82, 2.24) is 15.2 Å². The van der Waals surface area contributed by atoms with E-state index in [9.17, 15) is 18.3 Å². The molecule has 0 radical (unpaired) electrons. The molecule has 0 aliphatic carbocycles. The van der Waals surface area contributed by atoms with E-state index >= 15 is 0 Å². The van der Waals surface area contributed by atoms with Gasteiger partial charge in [-0.2, -0.15) is 0 Å². The first-order valence-corrected chi connectivity index (χ1v) is 8.93. The maximum absolute atomic E-state index is 11.9. The Morgan fingerprint density at radius 3 is 2.82 bits per heavy atom. The van der Waals surface area contributed by atoms with Gasteiger partial charge in [0, 0.05) is 44.4 Å². The molecule has 0 saturated carbocycles. The van der Waals surface area contributed by atoms with Crippen molar-refractivity contribution in [2.45, 2.75) is 24.1 Å². The fourth-order valence-corrected chi connectivity index (χ4v) is 3.16. The highest BCUT2D eigenvalue weighted by Gasteiger charge is 2.30. The number of β-amino-alcohol motifs (C(OH)–C–C–N with tert-alkyl or cyclic N) is 1. The van der Waals surface area contributed by atoms with Crippen LogP contribution >= 0.6 is 0 Å².